The van der Waals surface area contributed by atoms with Gasteiger partial charge in [0.2, 0.25) is 0 Å². The first-order chi connectivity index (χ1) is 13.6. The Balaban J connectivity index is 1.75. The van der Waals surface area contributed by atoms with Crippen LogP contribution in [0.3, 0.4) is 0 Å². The molecule has 2 aromatic heterocycles. The SMILES string of the molecule is CCC1CCCCc2nc3cc(C#Cc4cccc(F)c4)ccn3c(=O)c2C1. The van der Waals surface area contributed by atoms with Crippen molar-refractivity contribution in [3.05, 3.63) is 81.2 Å². The largest absolute Gasteiger partial charge is 0.269 e. The fourth-order valence-electron chi connectivity index (χ4n) is 3.89. The number of benzene rings is 1. The van der Waals surface area contributed by atoms with E-state index in [0.717, 1.165) is 42.5 Å². The van der Waals surface area contributed by atoms with Crippen LogP contribution in [0.2, 0.25) is 0 Å². The van der Waals surface area contributed by atoms with Crippen LogP contribution in [0.1, 0.15) is 55.0 Å². The quantitative estimate of drug-likeness (QED) is 0.587. The Bertz CT molecular complexity index is 1140. The lowest BCUT2D eigenvalue weighted by Gasteiger charge is -2.20. The van der Waals surface area contributed by atoms with Gasteiger partial charge in [0.05, 0.1) is 5.69 Å². The summed E-state index contributed by atoms with van der Waals surface area (Å²) in [4.78, 5) is 17.9. The highest BCUT2D eigenvalue weighted by Crippen LogP contribution is 2.23. The Morgan fingerprint density at radius 2 is 2.00 bits per heavy atom. The molecule has 4 heteroatoms. The Kier molecular flexibility index (Phi) is 5.25. The summed E-state index contributed by atoms with van der Waals surface area (Å²) in [6, 6.07) is 9.87. The van der Waals surface area contributed by atoms with Gasteiger partial charge in [-0.1, -0.05) is 44.1 Å². The van der Waals surface area contributed by atoms with Crippen molar-refractivity contribution in [2.24, 2.45) is 5.92 Å². The standard InChI is InChI=1S/C24H23FN2O/c1-2-17-6-3-4-9-22-21(15-17)24(28)27-13-12-19(16-23(27)26-22)11-10-18-7-5-8-20(25)14-18/h5,7-8,12-14,16-17H,2-4,6,9,15H2,1H3. The van der Waals surface area contributed by atoms with E-state index in [9.17, 15) is 9.18 Å². The molecule has 3 nitrogen and oxygen atoms in total. The maximum atomic E-state index is 13.3. The molecular formula is C24H23FN2O. The van der Waals surface area contributed by atoms with Crippen molar-refractivity contribution in [2.75, 3.05) is 0 Å². The van der Waals surface area contributed by atoms with Gasteiger partial charge < -0.3 is 0 Å². The van der Waals surface area contributed by atoms with Crippen LogP contribution in [0.15, 0.2) is 47.4 Å². The van der Waals surface area contributed by atoms with Gasteiger partial charge in [0, 0.05) is 22.9 Å². The third-order valence-corrected chi connectivity index (χ3v) is 5.53. The van der Waals surface area contributed by atoms with E-state index in [2.05, 4.69) is 18.8 Å². The fourth-order valence-corrected chi connectivity index (χ4v) is 3.89. The first-order valence-corrected chi connectivity index (χ1v) is 9.96. The molecule has 28 heavy (non-hydrogen) atoms. The summed E-state index contributed by atoms with van der Waals surface area (Å²) in [5, 5.41) is 0. The minimum absolute atomic E-state index is 0.0463. The third kappa shape index (κ3) is 3.84. The summed E-state index contributed by atoms with van der Waals surface area (Å²) in [6.07, 6.45) is 7.98. The molecular weight excluding hydrogens is 351 g/mol. The van der Waals surface area contributed by atoms with Crippen LogP contribution in [-0.2, 0) is 12.8 Å². The Morgan fingerprint density at radius 1 is 1.18 bits per heavy atom. The van der Waals surface area contributed by atoms with Crippen molar-refractivity contribution in [1.82, 2.24) is 9.38 Å². The van der Waals surface area contributed by atoms with Crippen LogP contribution in [0.4, 0.5) is 4.39 Å². The lowest BCUT2D eigenvalue weighted by molar-refractivity contribution is 0.428. The van der Waals surface area contributed by atoms with Gasteiger partial charge in [-0.25, -0.2) is 9.37 Å². The van der Waals surface area contributed by atoms with Crippen molar-refractivity contribution in [2.45, 2.75) is 45.4 Å². The molecule has 4 rings (SSSR count). The fraction of sp³-hybridized carbons (Fsp3) is 0.333. The molecule has 1 aliphatic rings. The second kappa shape index (κ2) is 7.98. The zero-order valence-corrected chi connectivity index (χ0v) is 16.0. The highest BCUT2D eigenvalue weighted by atomic mass is 19.1. The zero-order chi connectivity index (χ0) is 19.5. The second-order valence-electron chi connectivity index (χ2n) is 7.47. The monoisotopic (exact) mass is 374 g/mol. The van der Waals surface area contributed by atoms with Crippen LogP contribution in [0, 0.1) is 23.6 Å². The van der Waals surface area contributed by atoms with Gasteiger partial charge in [-0.15, -0.1) is 0 Å². The number of nitrogens with zero attached hydrogens (tertiary/aromatic N) is 2. The van der Waals surface area contributed by atoms with E-state index in [1.165, 1.54) is 25.0 Å². The van der Waals surface area contributed by atoms with Gasteiger partial charge in [0.1, 0.15) is 11.5 Å². The van der Waals surface area contributed by atoms with Crippen LogP contribution >= 0.6 is 0 Å². The Morgan fingerprint density at radius 3 is 2.79 bits per heavy atom. The Hall–Kier alpha value is -2.93. The number of hydrogen-bond donors (Lipinski definition) is 0. The van der Waals surface area contributed by atoms with E-state index in [0.29, 0.717) is 17.1 Å². The molecule has 0 N–H and O–H groups in total. The highest BCUT2D eigenvalue weighted by Gasteiger charge is 2.19. The molecule has 3 aromatic rings. The lowest BCUT2D eigenvalue weighted by atomic mass is 9.88. The summed E-state index contributed by atoms with van der Waals surface area (Å²) in [7, 11) is 0. The maximum absolute atomic E-state index is 13.3. The number of rotatable bonds is 1. The molecule has 0 bridgehead atoms. The highest BCUT2D eigenvalue weighted by molar-refractivity contribution is 5.51. The van der Waals surface area contributed by atoms with Crippen molar-refractivity contribution in [3.63, 3.8) is 0 Å². The molecule has 0 radical (unpaired) electrons. The first-order valence-electron chi connectivity index (χ1n) is 9.96. The Labute approximate surface area is 164 Å². The second-order valence-corrected chi connectivity index (χ2v) is 7.47. The topological polar surface area (TPSA) is 34.4 Å². The van der Waals surface area contributed by atoms with E-state index >= 15 is 0 Å². The molecule has 2 heterocycles. The molecule has 142 valence electrons. The smallest absolute Gasteiger partial charge is 0.261 e. The average molecular weight is 374 g/mol. The number of aromatic nitrogens is 2. The molecule has 1 aliphatic carbocycles. The molecule has 0 saturated heterocycles. The minimum Gasteiger partial charge on any atom is -0.269 e. The summed E-state index contributed by atoms with van der Waals surface area (Å²) in [5.74, 6) is 6.27. The summed E-state index contributed by atoms with van der Waals surface area (Å²) in [5.41, 5.74) is 3.87. The van der Waals surface area contributed by atoms with Crippen LogP contribution in [0.25, 0.3) is 5.65 Å². The van der Waals surface area contributed by atoms with Crippen molar-refractivity contribution in [3.8, 4) is 11.8 Å². The number of fused-ring (bicyclic) bond motifs is 2. The number of halogens is 1. The van der Waals surface area contributed by atoms with Crippen LogP contribution in [-0.4, -0.2) is 9.38 Å². The van der Waals surface area contributed by atoms with Crippen molar-refractivity contribution >= 4 is 5.65 Å². The van der Waals surface area contributed by atoms with E-state index < -0.39 is 0 Å². The molecule has 1 atom stereocenters. The van der Waals surface area contributed by atoms with Gasteiger partial charge in [0.15, 0.2) is 0 Å². The van der Waals surface area contributed by atoms with Gasteiger partial charge in [0.25, 0.3) is 5.56 Å². The lowest BCUT2D eigenvalue weighted by Crippen LogP contribution is -2.25. The molecule has 1 unspecified atom stereocenters. The van der Waals surface area contributed by atoms with Crippen molar-refractivity contribution in [1.29, 1.82) is 0 Å². The number of pyridine rings is 1. The minimum atomic E-state index is -0.303. The third-order valence-electron chi connectivity index (χ3n) is 5.53. The molecule has 0 amide bonds. The van der Waals surface area contributed by atoms with E-state index in [4.69, 9.17) is 4.98 Å². The van der Waals surface area contributed by atoms with Gasteiger partial charge >= 0.3 is 0 Å². The predicted octanol–water partition coefficient (Wildman–Crippen LogP) is 4.53. The summed E-state index contributed by atoms with van der Waals surface area (Å²) < 4.78 is 14.9. The number of hydrogen-bond acceptors (Lipinski definition) is 2. The molecule has 0 aliphatic heterocycles. The normalized spacial score (nSPS) is 16.6. The molecule has 0 fully saturated rings. The maximum Gasteiger partial charge on any atom is 0.261 e. The molecule has 1 aromatic carbocycles. The van der Waals surface area contributed by atoms with Crippen LogP contribution in [0.5, 0.6) is 0 Å². The van der Waals surface area contributed by atoms with Gasteiger partial charge in [-0.05, 0) is 55.5 Å². The summed E-state index contributed by atoms with van der Waals surface area (Å²) >= 11 is 0. The first kappa shape index (κ1) is 18.4. The van der Waals surface area contributed by atoms with Gasteiger partial charge in [-0.2, -0.15) is 0 Å². The van der Waals surface area contributed by atoms with Crippen molar-refractivity contribution < 1.29 is 4.39 Å². The predicted molar refractivity (Wildman–Crippen MR) is 109 cm³/mol. The summed E-state index contributed by atoms with van der Waals surface area (Å²) in [6.45, 7) is 2.20. The number of aryl methyl sites for hydroxylation is 1. The molecule has 0 spiro atoms. The molecule has 0 saturated carbocycles. The van der Waals surface area contributed by atoms with E-state index in [1.54, 1.807) is 22.7 Å². The van der Waals surface area contributed by atoms with E-state index in [-0.39, 0.29) is 11.4 Å². The van der Waals surface area contributed by atoms with E-state index in [1.807, 2.05) is 12.1 Å². The average Bonchev–Trinajstić information content (AvgIpc) is 2.68. The zero-order valence-electron chi connectivity index (χ0n) is 16.0. The van der Waals surface area contributed by atoms with Gasteiger partial charge in [-0.3, -0.25) is 9.20 Å². The van der Waals surface area contributed by atoms with Crippen LogP contribution < -0.4 is 5.56 Å².